The first-order valence-electron chi connectivity index (χ1n) is 12.1. The quantitative estimate of drug-likeness (QED) is 0.365. The molecule has 2 fully saturated rings. The monoisotopic (exact) mass is 551 g/mol. The number of aromatic nitrogens is 4. The average molecular weight is 553 g/mol. The molecule has 192 valence electrons. The minimum absolute atomic E-state index is 0.0581. The molecule has 3 aromatic rings. The van der Waals surface area contributed by atoms with Crippen molar-refractivity contribution >= 4 is 69.5 Å². The molecule has 0 bridgehead atoms. The van der Waals surface area contributed by atoms with E-state index >= 15 is 0 Å². The van der Waals surface area contributed by atoms with Crippen molar-refractivity contribution in [2.75, 3.05) is 23.8 Å². The number of halogens is 3. The van der Waals surface area contributed by atoms with E-state index in [1.54, 1.807) is 18.3 Å². The van der Waals surface area contributed by atoms with Gasteiger partial charge in [0.25, 0.3) is 0 Å². The number of anilines is 3. The van der Waals surface area contributed by atoms with Crippen molar-refractivity contribution in [1.82, 2.24) is 19.5 Å². The van der Waals surface area contributed by atoms with Gasteiger partial charge in [-0.25, -0.2) is 9.97 Å². The van der Waals surface area contributed by atoms with Gasteiger partial charge in [-0.15, -0.1) is 0 Å². The number of carbonyl (C=O) groups is 1. The summed E-state index contributed by atoms with van der Waals surface area (Å²) in [5, 5.41) is 7.98. The molecule has 2 aliphatic rings. The lowest BCUT2D eigenvalue weighted by Gasteiger charge is -2.30. The van der Waals surface area contributed by atoms with Crippen LogP contribution in [0.3, 0.4) is 0 Å². The SMILES string of the molecule is C[C@H]1COCC[C@H]1Nc1ncc2nc(Nc3c(Cl)cc(Cl)cc3Cl)n([C@H]3CC[C@@H](C(N)=O)CC3)c2n1. The number of hydrogen-bond donors (Lipinski definition) is 3. The minimum Gasteiger partial charge on any atom is -0.381 e. The summed E-state index contributed by atoms with van der Waals surface area (Å²) in [5.41, 5.74) is 7.41. The first-order valence-corrected chi connectivity index (χ1v) is 13.2. The molecule has 1 saturated carbocycles. The second-order valence-electron chi connectivity index (χ2n) is 9.58. The Morgan fingerprint density at radius 3 is 2.50 bits per heavy atom. The minimum atomic E-state index is -0.249. The summed E-state index contributed by atoms with van der Waals surface area (Å²) in [6, 6.07) is 3.53. The molecule has 5 rings (SSSR count). The molecular formula is C24H28Cl3N7O2. The van der Waals surface area contributed by atoms with Crippen LogP contribution in [0.4, 0.5) is 17.6 Å². The van der Waals surface area contributed by atoms with Crippen LogP contribution in [0, 0.1) is 11.8 Å². The van der Waals surface area contributed by atoms with E-state index in [-0.39, 0.29) is 23.9 Å². The fourth-order valence-corrected chi connectivity index (χ4v) is 5.96. The summed E-state index contributed by atoms with van der Waals surface area (Å²) < 4.78 is 7.63. The first-order chi connectivity index (χ1) is 17.3. The van der Waals surface area contributed by atoms with E-state index in [0.29, 0.717) is 75.8 Å². The van der Waals surface area contributed by atoms with Crippen LogP contribution in [0.5, 0.6) is 0 Å². The molecule has 9 nitrogen and oxygen atoms in total. The van der Waals surface area contributed by atoms with Crippen molar-refractivity contribution in [3.63, 3.8) is 0 Å². The largest absolute Gasteiger partial charge is 0.381 e. The van der Waals surface area contributed by atoms with Crippen molar-refractivity contribution in [2.45, 2.75) is 51.1 Å². The third kappa shape index (κ3) is 5.20. The molecule has 1 saturated heterocycles. The number of carbonyl (C=O) groups excluding carboxylic acids is 1. The highest BCUT2D eigenvalue weighted by molar-refractivity contribution is 6.41. The maximum atomic E-state index is 11.7. The summed E-state index contributed by atoms with van der Waals surface area (Å²) in [4.78, 5) is 25.9. The molecule has 4 N–H and O–H groups in total. The van der Waals surface area contributed by atoms with Crippen LogP contribution in [0.25, 0.3) is 11.2 Å². The smallest absolute Gasteiger partial charge is 0.224 e. The van der Waals surface area contributed by atoms with E-state index < -0.39 is 0 Å². The Bertz CT molecular complexity index is 1250. The van der Waals surface area contributed by atoms with E-state index in [4.69, 9.17) is 55.2 Å². The third-order valence-electron chi connectivity index (χ3n) is 7.10. The molecule has 0 spiro atoms. The Kier molecular flexibility index (Phi) is 7.44. The topological polar surface area (TPSA) is 120 Å². The van der Waals surface area contributed by atoms with Crippen molar-refractivity contribution in [2.24, 2.45) is 17.6 Å². The zero-order valence-corrected chi connectivity index (χ0v) is 22.1. The van der Waals surface area contributed by atoms with Crippen LogP contribution in [0.1, 0.15) is 45.1 Å². The van der Waals surface area contributed by atoms with Gasteiger partial charge in [-0.1, -0.05) is 41.7 Å². The summed E-state index contributed by atoms with van der Waals surface area (Å²) in [6.07, 6.45) is 5.55. The fraction of sp³-hybridized carbons (Fsp3) is 0.500. The van der Waals surface area contributed by atoms with E-state index in [1.165, 1.54) is 0 Å². The first kappa shape index (κ1) is 25.3. The van der Waals surface area contributed by atoms with E-state index in [0.717, 1.165) is 19.3 Å². The van der Waals surface area contributed by atoms with Crippen LogP contribution < -0.4 is 16.4 Å². The van der Waals surface area contributed by atoms with Crippen molar-refractivity contribution in [1.29, 1.82) is 0 Å². The molecule has 36 heavy (non-hydrogen) atoms. The Labute approximate surface area is 224 Å². The zero-order chi connectivity index (χ0) is 25.4. The third-order valence-corrected chi connectivity index (χ3v) is 7.91. The lowest BCUT2D eigenvalue weighted by molar-refractivity contribution is -0.122. The molecule has 12 heteroatoms. The second kappa shape index (κ2) is 10.6. The molecular weight excluding hydrogens is 525 g/mol. The molecule has 1 aromatic carbocycles. The molecule has 0 radical (unpaired) electrons. The maximum Gasteiger partial charge on any atom is 0.224 e. The Morgan fingerprint density at radius 2 is 1.83 bits per heavy atom. The number of nitrogens with one attached hydrogen (secondary N) is 2. The van der Waals surface area contributed by atoms with Crippen LogP contribution in [0.15, 0.2) is 18.3 Å². The number of ether oxygens (including phenoxy) is 1. The molecule has 0 unspecified atom stereocenters. The fourth-order valence-electron chi connectivity index (χ4n) is 5.05. The summed E-state index contributed by atoms with van der Waals surface area (Å²) in [7, 11) is 0. The molecule has 1 amide bonds. The molecule has 1 aliphatic carbocycles. The van der Waals surface area contributed by atoms with Gasteiger partial charge >= 0.3 is 0 Å². The van der Waals surface area contributed by atoms with Gasteiger partial charge in [-0.2, -0.15) is 4.98 Å². The van der Waals surface area contributed by atoms with Gasteiger partial charge in [0.15, 0.2) is 5.65 Å². The molecule has 2 atom stereocenters. The van der Waals surface area contributed by atoms with Gasteiger partial charge in [0.1, 0.15) is 5.52 Å². The van der Waals surface area contributed by atoms with Gasteiger partial charge in [-0.3, -0.25) is 9.36 Å². The highest BCUT2D eigenvalue weighted by atomic mass is 35.5. The van der Waals surface area contributed by atoms with Gasteiger partial charge in [0, 0.05) is 29.6 Å². The molecule has 3 heterocycles. The normalized spacial score (nSPS) is 24.6. The van der Waals surface area contributed by atoms with Crippen LogP contribution >= 0.6 is 34.8 Å². The number of rotatable bonds is 6. The summed E-state index contributed by atoms with van der Waals surface area (Å²) in [6.45, 7) is 3.57. The summed E-state index contributed by atoms with van der Waals surface area (Å²) in [5.74, 6) is 1.07. The van der Waals surface area contributed by atoms with Gasteiger partial charge < -0.3 is 21.1 Å². The predicted molar refractivity (Wildman–Crippen MR) is 142 cm³/mol. The Morgan fingerprint density at radius 1 is 1.11 bits per heavy atom. The lowest BCUT2D eigenvalue weighted by atomic mass is 9.85. The van der Waals surface area contributed by atoms with Gasteiger partial charge in [-0.05, 0) is 50.2 Å². The highest BCUT2D eigenvalue weighted by Gasteiger charge is 2.30. The van der Waals surface area contributed by atoms with Gasteiger partial charge in [0.2, 0.25) is 17.8 Å². The molecule has 2 aromatic heterocycles. The lowest BCUT2D eigenvalue weighted by Crippen LogP contribution is -2.36. The standard InChI is InChI=1S/C24H28Cl3N7O2/c1-12-11-36-7-6-18(12)30-23-29-10-19-22(33-23)34(15-4-2-13(3-5-15)21(28)35)24(31-19)32-20-16(26)8-14(25)9-17(20)27/h8-10,12-13,15,18H,2-7,11H2,1H3,(H2,28,35)(H,31,32)(H,29,30,33)/t12-,13-,15+,18+/m0/s1. The number of fused-ring (bicyclic) bond motifs is 1. The predicted octanol–water partition coefficient (Wildman–Crippen LogP) is 5.58. The average Bonchev–Trinajstić information content (AvgIpc) is 3.20. The van der Waals surface area contributed by atoms with Gasteiger partial charge in [0.05, 0.1) is 28.5 Å². The van der Waals surface area contributed by atoms with Crippen molar-refractivity contribution in [3.8, 4) is 0 Å². The highest BCUT2D eigenvalue weighted by Crippen LogP contribution is 2.40. The molecule has 1 aliphatic heterocycles. The van der Waals surface area contributed by atoms with Crippen molar-refractivity contribution in [3.05, 3.63) is 33.4 Å². The van der Waals surface area contributed by atoms with E-state index in [9.17, 15) is 4.79 Å². The van der Waals surface area contributed by atoms with Crippen molar-refractivity contribution < 1.29 is 9.53 Å². The number of nitrogens with zero attached hydrogens (tertiary/aromatic N) is 4. The van der Waals surface area contributed by atoms with E-state index in [2.05, 4.69) is 27.1 Å². The number of imidazole rings is 1. The Hall–Kier alpha value is -2.33. The number of benzene rings is 1. The van der Waals surface area contributed by atoms with Crippen LogP contribution in [-0.4, -0.2) is 44.7 Å². The zero-order valence-electron chi connectivity index (χ0n) is 19.8. The van der Waals surface area contributed by atoms with E-state index in [1.807, 2.05) is 0 Å². The van der Waals surface area contributed by atoms with Crippen LogP contribution in [-0.2, 0) is 9.53 Å². The Balaban J connectivity index is 1.53. The van der Waals surface area contributed by atoms with Crippen LogP contribution in [0.2, 0.25) is 15.1 Å². The number of hydrogen-bond acceptors (Lipinski definition) is 7. The number of nitrogens with two attached hydrogens (primary N) is 1. The second-order valence-corrected chi connectivity index (χ2v) is 10.8. The summed E-state index contributed by atoms with van der Waals surface area (Å²) >= 11 is 19.0. The maximum absolute atomic E-state index is 11.7. The number of primary amides is 1. The number of amides is 1.